The highest BCUT2D eigenvalue weighted by atomic mass is 32.2. The largest absolute Gasteiger partial charge is 0.392 e. The second kappa shape index (κ2) is 5.61. The van der Waals surface area contributed by atoms with E-state index in [2.05, 4.69) is 5.43 Å². The van der Waals surface area contributed by atoms with Crippen molar-refractivity contribution in [2.75, 3.05) is 18.5 Å². The Balaban J connectivity index is 2.36. The van der Waals surface area contributed by atoms with Crippen LogP contribution in [0.5, 0.6) is 0 Å². The molecule has 1 saturated heterocycles. The Morgan fingerprint density at radius 1 is 1.60 bits per heavy atom. The molecular formula is C9H14N4O5S2. The van der Waals surface area contributed by atoms with Crippen molar-refractivity contribution in [3.8, 4) is 0 Å². The average molecular weight is 322 g/mol. The van der Waals surface area contributed by atoms with Gasteiger partial charge in [-0.1, -0.05) is 11.3 Å². The van der Waals surface area contributed by atoms with Gasteiger partial charge in [0.2, 0.25) is 0 Å². The number of nitrogens with one attached hydrogen (secondary N) is 1. The van der Waals surface area contributed by atoms with Gasteiger partial charge in [0, 0.05) is 19.2 Å². The van der Waals surface area contributed by atoms with Gasteiger partial charge in [-0.25, -0.2) is 14.3 Å². The smallest absolute Gasteiger partial charge is 0.306 e. The van der Waals surface area contributed by atoms with E-state index in [1.807, 2.05) is 0 Å². The molecule has 11 heteroatoms. The monoisotopic (exact) mass is 322 g/mol. The Labute approximate surface area is 119 Å². The van der Waals surface area contributed by atoms with Gasteiger partial charge < -0.3 is 10.5 Å². The second-order valence-electron chi connectivity index (χ2n) is 4.34. The molecule has 0 spiro atoms. The summed E-state index contributed by atoms with van der Waals surface area (Å²) in [5.74, 6) is 5.15. The number of aliphatic hydroxyl groups is 1. The first-order valence-electron chi connectivity index (χ1n) is 5.79. The van der Waals surface area contributed by atoms with Crippen molar-refractivity contribution >= 4 is 32.0 Å². The van der Waals surface area contributed by atoms with E-state index in [9.17, 15) is 23.6 Å². The van der Waals surface area contributed by atoms with Crippen molar-refractivity contribution in [3.63, 3.8) is 0 Å². The molecule has 2 rings (SSSR count). The summed E-state index contributed by atoms with van der Waals surface area (Å²) >= 11 is 0.701. The summed E-state index contributed by atoms with van der Waals surface area (Å²) in [5.41, 5.74) is 1.74. The van der Waals surface area contributed by atoms with Crippen LogP contribution >= 0.6 is 11.3 Å². The van der Waals surface area contributed by atoms with E-state index >= 15 is 0 Å². The summed E-state index contributed by atoms with van der Waals surface area (Å²) in [6, 6.07) is 0.982. The molecule has 20 heavy (non-hydrogen) atoms. The van der Waals surface area contributed by atoms with Gasteiger partial charge in [0.25, 0.3) is 10.0 Å². The first kappa shape index (κ1) is 15.1. The molecule has 1 aromatic heterocycles. The van der Waals surface area contributed by atoms with Gasteiger partial charge in [-0.05, 0) is 12.8 Å². The number of β-amino-alcohol motifs (C(OH)–C–C–N with tert-alkyl or cyclic N) is 1. The molecule has 1 aliphatic heterocycles. The van der Waals surface area contributed by atoms with Crippen LogP contribution in [0, 0.1) is 10.1 Å². The van der Waals surface area contributed by atoms with E-state index in [1.54, 1.807) is 0 Å². The van der Waals surface area contributed by atoms with Crippen LogP contribution in [-0.4, -0.2) is 41.9 Å². The molecule has 1 aliphatic rings. The van der Waals surface area contributed by atoms with Crippen LogP contribution in [0.2, 0.25) is 0 Å². The number of hydrogen-bond acceptors (Lipinski definition) is 8. The number of nitrogen functional groups attached to an aromatic ring is 1. The zero-order chi connectivity index (χ0) is 14.9. The van der Waals surface area contributed by atoms with Gasteiger partial charge in [0.15, 0.2) is 5.00 Å². The number of nitrogens with zero attached hydrogens (tertiary/aromatic N) is 2. The molecule has 112 valence electrons. The maximum Gasteiger partial charge on any atom is 0.306 e. The fourth-order valence-electron chi connectivity index (χ4n) is 1.99. The maximum absolute atomic E-state index is 12.4. The molecule has 1 fully saturated rings. The standard InChI is InChI=1S/C9H14N4O5S2/c10-11-9-7(13(15)16)4-8(19-9)20(17,18)12-3-1-2-6(14)5-12/h4,6,11,14H,1-3,5,10H2. The molecule has 0 aliphatic carbocycles. The molecule has 0 amide bonds. The minimum absolute atomic E-state index is 0.000578. The topological polar surface area (TPSA) is 139 Å². The Morgan fingerprint density at radius 3 is 2.80 bits per heavy atom. The third-order valence-electron chi connectivity index (χ3n) is 2.97. The molecule has 1 unspecified atom stereocenters. The quantitative estimate of drug-likeness (QED) is 0.405. The Bertz CT molecular complexity index is 614. The number of sulfonamides is 1. The molecule has 0 radical (unpaired) electrons. The Kier molecular flexibility index (Phi) is 4.25. The van der Waals surface area contributed by atoms with Crippen molar-refractivity contribution in [1.29, 1.82) is 0 Å². The van der Waals surface area contributed by atoms with Crippen LogP contribution in [0.15, 0.2) is 10.3 Å². The van der Waals surface area contributed by atoms with Gasteiger partial charge in [-0.15, -0.1) is 0 Å². The van der Waals surface area contributed by atoms with E-state index in [1.165, 1.54) is 0 Å². The van der Waals surface area contributed by atoms with Crippen molar-refractivity contribution in [2.45, 2.75) is 23.2 Å². The van der Waals surface area contributed by atoms with Crippen molar-refractivity contribution in [2.24, 2.45) is 5.84 Å². The highest BCUT2D eigenvalue weighted by Crippen LogP contribution is 2.38. The first-order chi connectivity index (χ1) is 9.36. The molecule has 0 aromatic carbocycles. The van der Waals surface area contributed by atoms with Crippen molar-refractivity contribution in [1.82, 2.24) is 4.31 Å². The minimum Gasteiger partial charge on any atom is -0.392 e. The summed E-state index contributed by atoms with van der Waals surface area (Å²) in [6.45, 7) is 0.288. The number of hydrogen-bond donors (Lipinski definition) is 3. The van der Waals surface area contributed by atoms with E-state index in [0.717, 1.165) is 10.4 Å². The fourth-order valence-corrected chi connectivity index (χ4v) is 4.90. The predicted octanol–water partition coefficient (Wildman–Crippen LogP) is 0.0873. The molecule has 2 heterocycles. The minimum atomic E-state index is -3.85. The number of piperidine rings is 1. The lowest BCUT2D eigenvalue weighted by atomic mass is 10.1. The normalized spacial score (nSPS) is 20.8. The number of thiophene rings is 1. The Hall–Kier alpha value is -1.27. The zero-order valence-corrected chi connectivity index (χ0v) is 12.0. The molecular weight excluding hydrogens is 308 g/mol. The van der Waals surface area contributed by atoms with Crippen LogP contribution in [0.3, 0.4) is 0 Å². The van der Waals surface area contributed by atoms with Gasteiger partial charge in [-0.3, -0.25) is 10.1 Å². The average Bonchev–Trinajstić information content (AvgIpc) is 2.83. The molecule has 9 nitrogen and oxygen atoms in total. The lowest BCUT2D eigenvalue weighted by molar-refractivity contribution is -0.383. The van der Waals surface area contributed by atoms with Gasteiger partial charge >= 0.3 is 5.69 Å². The number of aliphatic hydroxyl groups excluding tert-OH is 1. The highest BCUT2D eigenvalue weighted by Gasteiger charge is 2.33. The van der Waals surface area contributed by atoms with Crippen LogP contribution in [0.4, 0.5) is 10.7 Å². The lowest BCUT2D eigenvalue weighted by Gasteiger charge is -2.28. The molecule has 0 saturated carbocycles. The van der Waals surface area contributed by atoms with E-state index < -0.39 is 21.1 Å². The third kappa shape index (κ3) is 2.76. The molecule has 4 N–H and O–H groups in total. The molecule has 1 aromatic rings. The summed E-state index contributed by atoms with van der Waals surface area (Å²) in [6.07, 6.45) is 0.391. The maximum atomic E-state index is 12.4. The third-order valence-corrected chi connectivity index (χ3v) is 6.34. The van der Waals surface area contributed by atoms with Crippen LogP contribution in [0.25, 0.3) is 0 Å². The van der Waals surface area contributed by atoms with E-state index in [4.69, 9.17) is 5.84 Å². The predicted molar refractivity (Wildman–Crippen MR) is 72.8 cm³/mol. The molecule has 1 atom stereocenters. The fraction of sp³-hybridized carbons (Fsp3) is 0.556. The zero-order valence-electron chi connectivity index (χ0n) is 10.4. The summed E-state index contributed by atoms with van der Waals surface area (Å²) in [4.78, 5) is 10.1. The lowest BCUT2D eigenvalue weighted by Crippen LogP contribution is -2.41. The number of anilines is 1. The summed E-state index contributed by atoms with van der Waals surface area (Å²) in [7, 11) is -3.85. The Morgan fingerprint density at radius 2 is 2.30 bits per heavy atom. The summed E-state index contributed by atoms with van der Waals surface area (Å²) in [5, 5.41) is 20.3. The second-order valence-corrected chi connectivity index (χ2v) is 7.56. The number of nitrogens with two attached hydrogens (primary N) is 1. The van der Waals surface area contributed by atoms with E-state index in [-0.39, 0.29) is 28.0 Å². The van der Waals surface area contributed by atoms with Gasteiger partial charge in [-0.2, -0.15) is 4.31 Å². The van der Waals surface area contributed by atoms with Crippen molar-refractivity contribution in [3.05, 3.63) is 16.2 Å². The van der Waals surface area contributed by atoms with Gasteiger partial charge in [0.1, 0.15) is 4.21 Å². The highest BCUT2D eigenvalue weighted by molar-refractivity contribution is 7.91. The summed E-state index contributed by atoms with van der Waals surface area (Å²) < 4.78 is 25.7. The SMILES string of the molecule is NNc1sc(S(=O)(=O)N2CCCC(O)C2)cc1[N+](=O)[O-]. The number of nitro groups is 1. The van der Waals surface area contributed by atoms with E-state index in [0.29, 0.717) is 24.2 Å². The number of rotatable bonds is 4. The molecule has 0 bridgehead atoms. The first-order valence-corrected chi connectivity index (χ1v) is 8.05. The van der Waals surface area contributed by atoms with Crippen LogP contribution in [0.1, 0.15) is 12.8 Å². The van der Waals surface area contributed by atoms with Gasteiger partial charge in [0.05, 0.1) is 11.0 Å². The van der Waals surface area contributed by atoms with Crippen LogP contribution < -0.4 is 11.3 Å². The van der Waals surface area contributed by atoms with Crippen LogP contribution in [-0.2, 0) is 10.0 Å². The van der Waals surface area contributed by atoms with Crippen molar-refractivity contribution < 1.29 is 18.4 Å². The number of hydrazine groups is 1.